The molecular formula is C15H18ClN2O3. The van der Waals surface area contributed by atoms with E-state index >= 15 is 0 Å². The predicted octanol–water partition coefficient (Wildman–Crippen LogP) is 2.09. The van der Waals surface area contributed by atoms with Gasteiger partial charge in [0.05, 0.1) is 0 Å². The van der Waals surface area contributed by atoms with E-state index < -0.39 is 0 Å². The van der Waals surface area contributed by atoms with Gasteiger partial charge in [-0.15, -0.1) is 0 Å². The van der Waals surface area contributed by atoms with E-state index in [1.165, 1.54) is 0 Å². The van der Waals surface area contributed by atoms with Crippen molar-refractivity contribution in [3.63, 3.8) is 0 Å². The van der Waals surface area contributed by atoms with Crippen LogP contribution < -0.4 is 0 Å². The summed E-state index contributed by atoms with van der Waals surface area (Å²) in [4.78, 5) is 26.0. The summed E-state index contributed by atoms with van der Waals surface area (Å²) >= 11 is 6.02. The Hall–Kier alpha value is -1.59. The van der Waals surface area contributed by atoms with Gasteiger partial charge in [0.2, 0.25) is 0 Å². The first kappa shape index (κ1) is 15.8. The molecule has 0 aromatic heterocycles. The van der Waals surface area contributed by atoms with Crippen LogP contribution in [0.1, 0.15) is 12.0 Å². The fourth-order valence-electron chi connectivity index (χ4n) is 2.20. The Morgan fingerprint density at radius 2 is 1.95 bits per heavy atom. The summed E-state index contributed by atoms with van der Waals surface area (Å²) in [7, 11) is 0. The molecule has 1 aliphatic rings. The van der Waals surface area contributed by atoms with E-state index in [9.17, 15) is 9.59 Å². The maximum absolute atomic E-state index is 12.0. The average molecular weight is 310 g/mol. The van der Waals surface area contributed by atoms with E-state index in [0.29, 0.717) is 31.1 Å². The molecule has 1 aromatic carbocycles. The number of halogens is 1. The fraction of sp³-hybridized carbons (Fsp3) is 0.467. The Kier molecular flexibility index (Phi) is 6.02. The molecule has 0 aliphatic carbocycles. The van der Waals surface area contributed by atoms with Crippen molar-refractivity contribution in [3.8, 4) is 0 Å². The third-order valence-electron chi connectivity index (χ3n) is 3.47. The Labute approximate surface area is 129 Å². The van der Waals surface area contributed by atoms with Crippen LogP contribution in [-0.2, 0) is 16.1 Å². The van der Waals surface area contributed by atoms with Crippen LogP contribution >= 0.6 is 11.6 Å². The molecule has 5 nitrogen and oxygen atoms in total. The van der Waals surface area contributed by atoms with E-state index in [1.54, 1.807) is 11.0 Å². The first-order chi connectivity index (χ1) is 10.2. The molecule has 0 atom stereocenters. The monoisotopic (exact) mass is 309 g/mol. The largest absolute Gasteiger partial charge is 0.444 e. The highest BCUT2D eigenvalue weighted by atomic mass is 35.5. The molecule has 1 radical (unpaired) electrons. The third-order valence-corrected chi connectivity index (χ3v) is 3.84. The quantitative estimate of drug-likeness (QED) is 0.836. The van der Waals surface area contributed by atoms with Gasteiger partial charge in [0.15, 0.2) is 6.29 Å². The van der Waals surface area contributed by atoms with Crippen molar-refractivity contribution in [2.24, 2.45) is 0 Å². The molecule has 1 saturated heterocycles. The summed E-state index contributed by atoms with van der Waals surface area (Å²) in [6.45, 7) is 3.61. The molecule has 0 N–H and O–H groups in total. The van der Waals surface area contributed by atoms with Crippen molar-refractivity contribution in [2.75, 3.05) is 32.7 Å². The van der Waals surface area contributed by atoms with Crippen LogP contribution in [0.5, 0.6) is 0 Å². The molecule has 113 valence electrons. The highest BCUT2D eigenvalue weighted by Gasteiger charge is 2.21. The SMILES string of the molecule is O=[C]CCN1CCN(C(=O)OCc2ccccc2Cl)CC1. The summed E-state index contributed by atoms with van der Waals surface area (Å²) in [5, 5.41) is 0.597. The molecular weight excluding hydrogens is 292 g/mol. The lowest BCUT2D eigenvalue weighted by atomic mass is 10.2. The summed E-state index contributed by atoms with van der Waals surface area (Å²) in [5.74, 6) is 0. The lowest BCUT2D eigenvalue weighted by Gasteiger charge is -2.33. The Morgan fingerprint density at radius 3 is 2.62 bits per heavy atom. The molecule has 0 bridgehead atoms. The second-order valence-corrected chi connectivity index (χ2v) is 5.28. The predicted molar refractivity (Wildman–Crippen MR) is 80.0 cm³/mol. The Bertz CT molecular complexity index is 488. The van der Waals surface area contributed by atoms with E-state index in [0.717, 1.165) is 18.7 Å². The molecule has 1 aromatic rings. The molecule has 0 unspecified atom stereocenters. The van der Waals surface area contributed by atoms with Crippen molar-refractivity contribution < 1.29 is 14.3 Å². The summed E-state index contributed by atoms with van der Waals surface area (Å²) in [6, 6.07) is 7.30. The van der Waals surface area contributed by atoms with E-state index in [4.69, 9.17) is 16.3 Å². The maximum atomic E-state index is 12.0. The number of amides is 1. The van der Waals surface area contributed by atoms with Crippen molar-refractivity contribution >= 4 is 24.0 Å². The van der Waals surface area contributed by atoms with Gasteiger partial charge in [-0.05, 0) is 6.07 Å². The van der Waals surface area contributed by atoms with Gasteiger partial charge in [0.25, 0.3) is 0 Å². The normalized spacial score (nSPS) is 15.8. The first-order valence-corrected chi connectivity index (χ1v) is 7.31. The highest BCUT2D eigenvalue weighted by molar-refractivity contribution is 6.31. The average Bonchev–Trinajstić information content (AvgIpc) is 2.52. The second-order valence-electron chi connectivity index (χ2n) is 4.87. The number of rotatable bonds is 5. The number of nitrogens with zero attached hydrogens (tertiary/aromatic N) is 2. The molecule has 1 amide bonds. The number of carbonyl (C=O) groups excluding carboxylic acids is 2. The van der Waals surface area contributed by atoms with Crippen LogP contribution in [0.25, 0.3) is 0 Å². The van der Waals surface area contributed by atoms with Gasteiger partial charge in [-0.25, -0.2) is 4.79 Å². The lowest BCUT2D eigenvalue weighted by molar-refractivity contribution is 0.0723. The topological polar surface area (TPSA) is 49.9 Å². The second kappa shape index (κ2) is 8.00. The Morgan fingerprint density at radius 1 is 1.24 bits per heavy atom. The van der Waals surface area contributed by atoms with Crippen molar-refractivity contribution in [1.29, 1.82) is 0 Å². The minimum Gasteiger partial charge on any atom is -0.444 e. The van der Waals surface area contributed by atoms with E-state index in [-0.39, 0.29) is 12.7 Å². The molecule has 0 saturated carbocycles. The fourth-order valence-corrected chi connectivity index (χ4v) is 2.39. The van der Waals surface area contributed by atoms with Gasteiger partial charge in [-0.2, -0.15) is 0 Å². The third kappa shape index (κ3) is 4.72. The smallest absolute Gasteiger partial charge is 0.410 e. The van der Waals surface area contributed by atoms with Crippen LogP contribution in [0.3, 0.4) is 0 Å². The summed E-state index contributed by atoms with van der Waals surface area (Å²) < 4.78 is 5.29. The standard InChI is InChI=1S/C15H18ClN2O3/c16-14-5-2-1-4-13(14)12-21-15(20)18-9-7-17(8-10-18)6-3-11-19/h1-2,4-5H,3,6-10,12H2. The maximum Gasteiger partial charge on any atom is 0.410 e. The first-order valence-electron chi connectivity index (χ1n) is 6.93. The van der Waals surface area contributed by atoms with E-state index in [1.807, 2.05) is 24.5 Å². The van der Waals surface area contributed by atoms with Crippen LogP contribution in [0.2, 0.25) is 5.02 Å². The van der Waals surface area contributed by atoms with Crippen LogP contribution in [0, 0.1) is 0 Å². The molecule has 6 heteroatoms. The molecule has 2 rings (SSSR count). The number of carbonyl (C=O) groups is 1. The number of hydrogen-bond acceptors (Lipinski definition) is 4. The van der Waals surface area contributed by atoms with Crippen molar-refractivity contribution in [2.45, 2.75) is 13.0 Å². The number of piperazine rings is 1. The molecule has 0 spiro atoms. The van der Waals surface area contributed by atoms with Gasteiger partial charge in [-0.1, -0.05) is 29.8 Å². The minimum atomic E-state index is -0.323. The van der Waals surface area contributed by atoms with Gasteiger partial charge < -0.3 is 9.64 Å². The van der Waals surface area contributed by atoms with Gasteiger partial charge >= 0.3 is 6.09 Å². The van der Waals surface area contributed by atoms with Crippen LogP contribution in [0.4, 0.5) is 4.79 Å². The molecule has 21 heavy (non-hydrogen) atoms. The van der Waals surface area contributed by atoms with Crippen LogP contribution in [-0.4, -0.2) is 54.9 Å². The van der Waals surface area contributed by atoms with Crippen molar-refractivity contribution in [1.82, 2.24) is 9.80 Å². The Balaban J connectivity index is 1.75. The number of hydrogen-bond donors (Lipinski definition) is 0. The number of ether oxygens (including phenoxy) is 1. The van der Waals surface area contributed by atoms with Gasteiger partial charge in [-0.3, -0.25) is 9.69 Å². The summed E-state index contributed by atoms with van der Waals surface area (Å²) in [6.07, 6.45) is 1.97. The zero-order valence-electron chi connectivity index (χ0n) is 11.8. The number of benzene rings is 1. The molecule has 1 aliphatic heterocycles. The zero-order valence-corrected chi connectivity index (χ0v) is 12.5. The zero-order chi connectivity index (χ0) is 15.1. The molecule has 1 heterocycles. The van der Waals surface area contributed by atoms with Crippen LogP contribution in [0.15, 0.2) is 24.3 Å². The minimum absolute atomic E-state index is 0.179. The van der Waals surface area contributed by atoms with Gasteiger partial charge in [0.1, 0.15) is 6.61 Å². The molecule has 1 fully saturated rings. The van der Waals surface area contributed by atoms with Gasteiger partial charge in [0, 0.05) is 49.7 Å². The van der Waals surface area contributed by atoms with E-state index in [2.05, 4.69) is 4.90 Å². The van der Waals surface area contributed by atoms with Crippen molar-refractivity contribution in [3.05, 3.63) is 34.9 Å². The highest BCUT2D eigenvalue weighted by Crippen LogP contribution is 2.16. The summed E-state index contributed by atoms with van der Waals surface area (Å²) in [5.41, 5.74) is 0.799. The lowest BCUT2D eigenvalue weighted by Crippen LogP contribution is -2.49.